The number of aliphatic imine (C=N–C) groups is 2. The van der Waals surface area contributed by atoms with Gasteiger partial charge in [0.05, 0.1) is 36.9 Å². The van der Waals surface area contributed by atoms with Crippen LogP contribution in [0.25, 0.3) is 16.7 Å². The Balaban J connectivity index is 0.000000333. The van der Waals surface area contributed by atoms with Crippen LogP contribution in [-0.2, 0) is 6.54 Å². The van der Waals surface area contributed by atoms with Gasteiger partial charge in [0.25, 0.3) is 0 Å². The van der Waals surface area contributed by atoms with Gasteiger partial charge in [0.15, 0.2) is 5.65 Å². The van der Waals surface area contributed by atoms with Crippen molar-refractivity contribution in [2.45, 2.75) is 13.0 Å². The van der Waals surface area contributed by atoms with Crippen molar-refractivity contribution < 1.29 is 4.74 Å². The van der Waals surface area contributed by atoms with Gasteiger partial charge in [-0.1, -0.05) is 18.0 Å². The van der Waals surface area contributed by atoms with Gasteiger partial charge in [0.1, 0.15) is 17.9 Å². The highest BCUT2D eigenvalue weighted by molar-refractivity contribution is 5.87. The molecule has 0 fully saturated rings. The Morgan fingerprint density at radius 3 is 2.50 bits per heavy atom. The molecule has 0 unspecified atom stereocenters. The molecule has 4 rings (SSSR count). The molecule has 10 nitrogen and oxygen atoms in total. The molecule has 3 heterocycles. The highest BCUT2D eigenvalue weighted by atomic mass is 16.5. The molecule has 10 heteroatoms. The van der Waals surface area contributed by atoms with Crippen LogP contribution in [0, 0.1) is 0 Å². The van der Waals surface area contributed by atoms with Gasteiger partial charge in [-0.3, -0.25) is 4.99 Å². The van der Waals surface area contributed by atoms with Gasteiger partial charge in [0, 0.05) is 37.6 Å². The van der Waals surface area contributed by atoms with E-state index in [1.807, 2.05) is 36.8 Å². The normalized spacial score (nSPS) is 8.72. The van der Waals surface area contributed by atoms with Crippen LogP contribution in [0.15, 0.2) is 126 Å². The van der Waals surface area contributed by atoms with Crippen molar-refractivity contribution >= 4 is 29.4 Å². The fourth-order valence-corrected chi connectivity index (χ4v) is 3.03. The highest BCUT2D eigenvalue weighted by Crippen LogP contribution is 2.22. The zero-order chi connectivity index (χ0) is 28.8. The van der Waals surface area contributed by atoms with E-state index in [1.54, 1.807) is 30.5 Å². The number of methoxy groups -OCH3 is 1. The monoisotopic (exact) mass is 531 g/mol. The molecule has 0 saturated heterocycles. The van der Waals surface area contributed by atoms with Crippen LogP contribution < -0.4 is 10.1 Å². The third kappa shape index (κ3) is 10.2. The second-order valence-electron chi connectivity index (χ2n) is 7.28. The number of nitrogens with one attached hydrogen (secondary N) is 1. The molecule has 4 aromatic rings. The molecule has 0 amide bonds. The van der Waals surface area contributed by atoms with Crippen molar-refractivity contribution in [3.8, 4) is 11.4 Å². The summed E-state index contributed by atoms with van der Waals surface area (Å²) in [5.74, 6) is 4.04. The van der Waals surface area contributed by atoms with Gasteiger partial charge in [-0.15, -0.1) is 0 Å². The van der Waals surface area contributed by atoms with E-state index < -0.39 is 0 Å². The summed E-state index contributed by atoms with van der Waals surface area (Å²) in [5, 5.41) is 8.74. The Morgan fingerprint density at radius 1 is 1.10 bits per heavy atom. The first-order valence-electron chi connectivity index (χ1n) is 11.8. The fraction of sp³-hybridized carbons (Fsp3) is 0.133. The minimum atomic E-state index is 0.766. The Labute approximate surface area is 233 Å². The first-order valence-corrected chi connectivity index (χ1v) is 11.8. The topological polar surface area (TPSA) is 107 Å². The first kappa shape index (κ1) is 30.3. The largest absolute Gasteiger partial charge is 0.497 e. The number of nitrogens with zero attached hydrogens (tertiary/aromatic N) is 8. The van der Waals surface area contributed by atoms with E-state index >= 15 is 0 Å². The van der Waals surface area contributed by atoms with Crippen molar-refractivity contribution in [2.75, 3.05) is 19.0 Å². The second-order valence-corrected chi connectivity index (χ2v) is 7.28. The molecule has 0 radical (unpaired) electrons. The lowest BCUT2D eigenvalue weighted by molar-refractivity contribution is 0.414. The predicted octanol–water partition coefficient (Wildman–Crippen LogP) is 5.11. The van der Waals surface area contributed by atoms with Crippen molar-refractivity contribution in [2.24, 2.45) is 9.98 Å². The summed E-state index contributed by atoms with van der Waals surface area (Å²) < 4.78 is 9.06. The van der Waals surface area contributed by atoms with Crippen molar-refractivity contribution in [3.05, 3.63) is 116 Å². The van der Waals surface area contributed by atoms with E-state index in [0.717, 1.165) is 47.8 Å². The number of fused-ring (bicyclic) bond motifs is 1. The Hall–Kier alpha value is -5.92. The number of aromatic nitrogens is 6. The number of hydrogen-bond donors (Lipinski definition) is 1. The number of imidazole rings is 1. The van der Waals surface area contributed by atoms with Crippen molar-refractivity contribution in [3.63, 3.8) is 0 Å². The molecule has 0 aliphatic heterocycles. The third-order valence-corrected chi connectivity index (χ3v) is 4.74. The fourth-order valence-electron chi connectivity index (χ4n) is 3.03. The molecule has 0 saturated carbocycles. The van der Waals surface area contributed by atoms with E-state index in [9.17, 15) is 0 Å². The summed E-state index contributed by atoms with van der Waals surface area (Å²) in [4.78, 5) is 19.6. The standard InChI is InChI=1S/C18H19N7O.C7H4.C5H6N2/c1-26-15-5-3-14(4-6-15)25-18-16(11-23-25)17(21-12-22-18)20-7-2-9-24-10-8-19-13-24;1-3-5-7-6-4-2;1-3-7-5-4-6-2/h3-6,8,10-13H,2,7,9H2,1H3,(H,20,21,22);1-2H2;3-4H,1-2H2. The summed E-state index contributed by atoms with van der Waals surface area (Å²) in [6.45, 7) is 14.7. The van der Waals surface area contributed by atoms with Crippen LogP contribution in [-0.4, -0.2) is 55.5 Å². The second kappa shape index (κ2) is 18.3. The zero-order valence-corrected chi connectivity index (χ0v) is 22.3. The lowest BCUT2D eigenvalue weighted by atomic mass is 10.3. The van der Waals surface area contributed by atoms with Crippen LogP contribution in [0.5, 0.6) is 5.75 Å². The molecule has 3 aromatic heterocycles. The van der Waals surface area contributed by atoms with Gasteiger partial charge in [-0.25, -0.2) is 24.6 Å². The van der Waals surface area contributed by atoms with Crippen molar-refractivity contribution in [1.82, 2.24) is 29.3 Å². The maximum Gasteiger partial charge on any atom is 0.168 e. The van der Waals surface area contributed by atoms with Gasteiger partial charge < -0.3 is 14.6 Å². The molecule has 200 valence electrons. The number of ether oxygens (including phenoxy) is 1. The minimum absolute atomic E-state index is 0.766. The maximum absolute atomic E-state index is 5.20. The number of hydrogen-bond acceptors (Lipinski definition) is 8. The van der Waals surface area contributed by atoms with Gasteiger partial charge in [-0.05, 0) is 67.8 Å². The molecule has 40 heavy (non-hydrogen) atoms. The van der Waals surface area contributed by atoms with E-state index in [2.05, 4.69) is 101 Å². The Kier molecular flexibility index (Phi) is 13.9. The van der Waals surface area contributed by atoms with Gasteiger partial charge >= 0.3 is 0 Å². The highest BCUT2D eigenvalue weighted by Gasteiger charge is 2.11. The summed E-state index contributed by atoms with van der Waals surface area (Å²) >= 11 is 0. The van der Waals surface area contributed by atoms with E-state index in [4.69, 9.17) is 4.74 Å². The minimum Gasteiger partial charge on any atom is -0.497 e. The molecule has 0 spiro atoms. The predicted molar refractivity (Wildman–Crippen MR) is 159 cm³/mol. The number of anilines is 1. The van der Waals surface area contributed by atoms with Gasteiger partial charge in [0.2, 0.25) is 0 Å². The molecule has 1 aromatic carbocycles. The summed E-state index contributed by atoms with van der Waals surface area (Å²) in [6.07, 6.45) is 12.6. The zero-order valence-electron chi connectivity index (χ0n) is 22.3. The first-order chi connectivity index (χ1) is 19.7. The molecule has 0 aliphatic rings. The SMILES string of the molecule is C=C=C=C=C=C=C.C=CN=C=CN=C.COc1ccc(-n2ncc3c(NCCCn4ccnc4)ncnc32)cc1. The Morgan fingerprint density at radius 2 is 1.88 bits per heavy atom. The van der Waals surface area contributed by atoms with E-state index in [0.29, 0.717) is 0 Å². The summed E-state index contributed by atoms with van der Waals surface area (Å²) in [7, 11) is 1.65. The lowest BCUT2D eigenvalue weighted by Gasteiger charge is -2.07. The number of benzene rings is 1. The quantitative estimate of drug-likeness (QED) is 0.183. The molecule has 0 bridgehead atoms. The van der Waals surface area contributed by atoms with Crippen molar-refractivity contribution in [1.29, 1.82) is 0 Å². The van der Waals surface area contributed by atoms with Crippen LogP contribution >= 0.6 is 0 Å². The lowest BCUT2D eigenvalue weighted by Crippen LogP contribution is -2.07. The third-order valence-electron chi connectivity index (χ3n) is 4.74. The molecule has 0 aliphatic carbocycles. The number of aryl methyl sites for hydroxylation is 1. The summed E-state index contributed by atoms with van der Waals surface area (Å²) in [5.41, 5.74) is 13.7. The average Bonchev–Trinajstić information content (AvgIpc) is 3.67. The smallest absolute Gasteiger partial charge is 0.168 e. The number of rotatable bonds is 9. The molecular formula is C30H29N9O. The molecule has 1 N–H and O–H groups in total. The van der Waals surface area contributed by atoms with Gasteiger partial charge in [-0.2, -0.15) is 5.10 Å². The van der Waals surface area contributed by atoms with Crippen LogP contribution in [0.2, 0.25) is 0 Å². The van der Waals surface area contributed by atoms with Crippen LogP contribution in [0.4, 0.5) is 5.82 Å². The van der Waals surface area contributed by atoms with Crippen LogP contribution in [0.1, 0.15) is 6.42 Å². The van der Waals surface area contributed by atoms with Crippen LogP contribution in [0.3, 0.4) is 0 Å². The molecule has 0 atom stereocenters. The molecular weight excluding hydrogens is 502 g/mol. The van der Waals surface area contributed by atoms with E-state index in [-0.39, 0.29) is 0 Å². The average molecular weight is 532 g/mol. The Bertz CT molecular complexity index is 1580. The van der Waals surface area contributed by atoms with E-state index in [1.165, 1.54) is 12.4 Å². The maximum atomic E-state index is 5.20. The summed E-state index contributed by atoms with van der Waals surface area (Å²) in [6, 6.07) is 7.70.